The summed E-state index contributed by atoms with van der Waals surface area (Å²) in [5, 5.41) is 23.8. The zero-order chi connectivity index (χ0) is 38.2. The van der Waals surface area contributed by atoms with E-state index in [1.165, 1.54) is 66.8 Å². The molecule has 0 aliphatic heterocycles. The summed E-state index contributed by atoms with van der Waals surface area (Å²) in [4.78, 5) is 0. The maximum absolute atomic E-state index is 10.8. The highest BCUT2D eigenvalue weighted by molar-refractivity contribution is 6.12. The highest BCUT2D eigenvalue weighted by atomic mass is 15.0. The van der Waals surface area contributed by atoms with Crippen LogP contribution < -0.4 is 0 Å². The largest absolute Gasteiger partial charge is 0.308 e. The standard InChI is InChI=1S/C54H33N3/c1-53(2)44-18-8-3-16-38(44)42-27-43-40-17-7-12-22-50(40)57(52(43)29-48(42)53)51-28-41(33(30-55)25-34(51)31-56)32-23-24-39-37-15-6-11-21-47(37)54(49(39)26-32)45-19-9-4-13-35(45)36-14-5-10-20-46(36)54/h3-29H,1-2H3. The number of hydrogen-bond donors (Lipinski definition) is 0. The lowest BCUT2D eigenvalue weighted by molar-refractivity contribution is 0.661. The lowest BCUT2D eigenvalue weighted by atomic mass is 9.70. The van der Waals surface area contributed by atoms with E-state index in [9.17, 15) is 10.5 Å². The maximum atomic E-state index is 10.8. The SMILES string of the molecule is CC1(C)c2ccccc2-c2cc3c4ccccc4n(-c4cc(-c5ccc6c(c5)C5(c7ccccc7-c7ccccc75)c5ccccc5-6)c(C#N)cc4C#N)c3cc21. The van der Waals surface area contributed by atoms with Gasteiger partial charge in [0.15, 0.2) is 0 Å². The molecule has 1 spiro atoms. The minimum atomic E-state index is -0.505. The van der Waals surface area contributed by atoms with Crippen LogP contribution in [0.25, 0.3) is 72.0 Å². The molecule has 3 aliphatic carbocycles. The topological polar surface area (TPSA) is 52.5 Å². The van der Waals surface area contributed by atoms with E-state index in [4.69, 9.17) is 0 Å². The van der Waals surface area contributed by atoms with Crippen LogP contribution in [-0.4, -0.2) is 4.57 Å². The zero-order valence-corrected chi connectivity index (χ0v) is 31.4. The normalized spacial score (nSPS) is 14.4. The van der Waals surface area contributed by atoms with E-state index in [0.717, 1.165) is 38.6 Å². The molecule has 0 saturated carbocycles. The average molecular weight is 724 g/mol. The second-order valence-corrected chi connectivity index (χ2v) is 16.2. The van der Waals surface area contributed by atoms with Gasteiger partial charge in [0.05, 0.1) is 39.3 Å². The maximum Gasteiger partial charge on any atom is 0.101 e. The number of rotatable bonds is 2. The molecule has 3 aliphatic rings. The molecule has 12 rings (SSSR count). The van der Waals surface area contributed by atoms with Crippen molar-refractivity contribution >= 4 is 21.8 Å². The van der Waals surface area contributed by atoms with Crippen molar-refractivity contribution in [3.05, 3.63) is 208 Å². The van der Waals surface area contributed by atoms with Gasteiger partial charge >= 0.3 is 0 Å². The van der Waals surface area contributed by atoms with Crippen LogP contribution >= 0.6 is 0 Å². The molecule has 264 valence electrons. The molecule has 0 bridgehead atoms. The van der Waals surface area contributed by atoms with Gasteiger partial charge in [0.1, 0.15) is 6.07 Å². The van der Waals surface area contributed by atoms with Gasteiger partial charge in [-0.15, -0.1) is 0 Å². The van der Waals surface area contributed by atoms with E-state index in [0.29, 0.717) is 11.1 Å². The molecule has 9 aromatic rings. The third kappa shape index (κ3) is 3.88. The van der Waals surface area contributed by atoms with Crippen molar-refractivity contribution in [3.8, 4) is 62.3 Å². The van der Waals surface area contributed by atoms with E-state index >= 15 is 0 Å². The second kappa shape index (κ2) is 11.1. The van der Waals surface area contributed by atoms with Crippen LogP contribution in [0.1, 0.15) is 58.4 Å². The molecule has 1 heterocycles. The highest BCUT2D eigenvalue weighted by Gasteiger charge is 2.51. The zero-order valence-electron chi connectivity index (χ0n) is 31.4. The Bertz CT molecular complexity index is 3300. The molecule has 3 nitrogen and oxygen atoms in total. The first kappa shape index (κ1) is 31.8. The Morgan fingerprint density at radius 3 is 1.58 bits per heavy atom. The quantitative estimate of drug-likeness (QED) is 0.178. The first-order valence-electron chi connectivity index (χ1n) is 19.6. The van der Waals surface area contributed by atoms with Gasteiger partial charge in [-0.1, -0.05) is 141 Å². The molecule has 0 radical (unpaired) electrons. The monoisotopic (exact) mass is 723 g/mol. The minimum Gasteiger partial charge on any atom is -0.308 e. The summed E-state index contributed by atoms with van der Waals surface area (Å²) < 4.78 is 2.25. The average Bonchev–Trinajstić information content (AvgIpc) is 3.92. The molecule has 0 saturated heterocycles. The predicted molar refractivity (Wildman–Crippen MR) is 230 cm³/mol. The first-order chi connectivity index (χ1) is 27.9. The van der Waals surface area contributed by atoms with Crippen LogP contribution in [0.5, 0.6) is 0 Å². The van der Waals surface area contributed by atoms with Gasteiger partial charge in [-0.05, 0) is 109 Å². The number of nitrogens with zero attached hydrogens (tertiary/aromatic N) is 3. The van der Waals surface area contributed by atoms with Crippen molar-refractivity contribution in [1.82, 2.24) is 4.57 Å². The van der Waals surface area contributed by atoms with Gasteiger partial charge < -0.3 is 4.57 Å². The van der Waals surface area contributed by atoms with E-state index in [-0.39, 0.29) is 5.41 Å². The van der Waals surface area contributed by atoms with E-state index in [2.05, 4.69) is 188 Å². The Morgan fingerprint density at radius 1 is 0.404 bits per heavy atom. The van der Waals surface area contributed by atoms with Crippen molar-refractivity contribution in [2.75, 3.05) is 0 Å². The fourth-order valence-corrected chi connectivity index (χ4v) is 10.9. The molecule has 0 amide bonds. The van der Waals surface area contributed by atoms with Crippen molar-refractivity contribution in [2.24, 2.45) is 0 Å². The van der Waals surface area contributed by atoms with Crippen LogP contribution in [0, 0.1) is 22.7 Å². The summed E-state index contributed by atoms with van der Waals surface area (Å²) in [6.45, 7) is 4.61. The molecule has 0 unspecified atom stereocenters. The Morgan fingerprint density at radius 2 is 0.947 bits per heavy atom. The summed E-state index contributed by atoms with van der Waals surface area (Å²) in [6, 6.07) is 63.9. The van der Waals surface area contributed by atoms with Crippen molar-refractivity contribution < 1.29 is 0 Å². The van der Waals surface area contributed by atoms with Crippen LogP contribution in [-0.2, 0) is 10.8 Å². The van der Waals surface area contributed by atoms with Gasteiger partial charge in [-0.3, -0.25) is 0 Å². The van der Waals surface area contributed by atoms with Crippen molar-refractivity contribution in [2.45, 2.75) is 24.7 Å². The fraction of sp³-hybridized carbons (Fsp3) is 0.0741. The number of aromatic nitrogens is 1. The summed E-state index contributed by atoms with van der Waals surface area (Å²) in [7, 11) is 0. The Hall–Kier alpha value is -7.46. The molecule has 57 heavy (non-hydrogen) atoms. The smallest absolute Gasteiger partial charge is 0.101 e. The summed E-state index contributed by atoms with van der Waals surface area (Å²) >= 11 is 0. The van der Waals surface area contributed by atoms with Gasteiger partial charge in [-0.25, -0.2) is 0 Å². The van der Waals surface area contributed by atoms with Crippen LogP contribution in [0.3, 0.4) is 0 Å². The molecular formula is C54H33N3. The van der Waals surface area contributed by atoms with E-state index in [1.807, 2.05) is 0 Å². The molecule has 8 aromatic carbocycles. The Balaban J connectivity index is 1.13. The lowest BCUT2D eigenvalue weighted by Crippen LogP contribution is -2.25. The molecule has 1 aromatic heterocycles. The summed E-state index contributed by atoms with van der Waals surface area (Å²) in [5.74, 6) is 0. The van der Waals surface area contributed by atoms with Crippen molar-refractivity contribution in [3.63, 3.8) is 0 Å². The number of benzene rings is 8. The highest BCUT2D eigenvalue weighted by Crippen LogP contribution is 2.63. The number of para-hydroxylation sites is 1. The third-order valence-electron chi connectivity index (χ3n) is 13.3. The number of hydrogen-bond acceptors (Lipinski definition) is 2. The van der Waals surface area contributed by atoms with Crippen molar-refractivity contribution in [1.29, 1.82) is 10.5 Å². The van der Waals surface area contributed by atoms with Gasteiger partial charge in [0.25, 0.3) is 0 Å². The second-order valence-electron chi connectivity index (χ2n) is 16.2. The molecule has 0 fully saturated rings. The third-order valence-corrected chi connectivity index (χ3v) is 13.3. The summed E-state index contributed by atoms with van der Waals surface area (Å²) in [5.41, 5.74) is 19.9. The molecule has 0 atom stereocenters. The Kier molecular flexibility index (Phi) is 6.19. The van der Waals surface area contributed by atoms with Crippen LogP contribution in [0.2, 0.25) is 0 Å². The first-order valence-corrected chi connectivity index (χ1v) is 19.6. The van der Waals surface area contributed by atoms with Gasteiger partial charge in [-0.2, -0.15) is 10.5 Å². The number of fused-ring (bicyclic) bond motifs is 16. The van der Waals surface area contributed by atoms with Gasteiger partial charge in [0, 0.05) is 21.8 Å². The van der Waals surface area contributed by atoms with E-state index in [1.54, 1.807) is 6.07 Å². The van der Waals surface area contributed by atoms with Crippen LogP contribution in [0.15, 0.2) is 164 Å². The minimum absolute atomic E-state index is 0.190. The predicted octanol–water partition coefficient (Wildman–Crippen LogP) is 12.8. The molecular weight excluding hydrogens is 691 g/mol. The van der Waals surface area contributed by atoms with E-state index < -0.39 is 5.41 Å². The number of nitriles is 2. The fourth-order valence-electron chi connectivity index (χ4n) is 10.9. The Labute approximate surface area is 331 Å². The van der Waals surface area contributed by atoms with Gasteiger partial charge in [0.2, 0.25) is 0 Å². The van der Waals surface area contributed by atoms with Crippen LogP contribution in [0.4, 0.5) is 0 Å². The molecule has 3 heteroatoms. The molecule has 0 N–H and O–H groups in total. The lowest BCUT2D eigenvalue weighted by Gasteiger charge is -2.30. The summed E-state index contributed by atoms with van der Waals surface area (Å²) in [6.07, 6.45) is 0.